The number of carbonyl (C=O) groups excluding carboxylic acids is 2. The van der Waals surface area contributed by atoms with Crippen LogP contribution in [0.1, 0.15) is 64.7 Å². The summed E-state index contributed by atoms with van der Waals surface area (Å²) in [7, 11) is 0. The van der Waals surface area contributed by atoms with Crippen LogP contribution >= 0.6 is 12.2 Å². The zero-order valence-corrected chi connectivity index (χ0v) is 19.3. The van der Waals surface area contributed by atoms with E-state index in [9.17, 15) is 19.5 Å². The Labute approximate surface area is 195 Å². The van der Waals surface area contributed by atoms with E-state index in [1.165, 1.54) is 6.07 Å². The molecule has 1 aromatic carbocycles. The van der Waals surface area contributed by atoms with Crippen LogP contribution in [0.25, 0.3) is 10.9 Å². The Balaban J connectivity index is 1.85. The Morgan fingerprint density at radius 1 is 1.24 bits per heavy atom. The van der Waals surface area contributed by atoms with Gasteiger partial charge in [-0.2, -0.15) is 5.10 Å². The molecule has 3 aromatic rings. The number of benzene rings is 1. The molecule has 0 aliphatic carbocycles. The van der Waals surface area contributed by atoms with Gasteiger partial charge >= 0.3 is 5.97 Å². The van der Waals surface area contributed by atoms with Gasteiger partial charge < -0.3 is 20.7 Å². The van der Waals surface area contributed by atoms with Crippen molar-refractivity contribution >= 4 is 57.2 Å². The van der Waals surface area contributed by atoms with Crippen LogP contribution in [0.4, 0.5) is 11.5 Å². The van der Waals surface area contributed by atoms with Crippen LogP contribution in [0.5, 0.6) is 0 Å². The first-order valence-corrected chi connectivity index (χ1v) is 11.3. The first-order chi connectivity index (χ1) is 15.8. The van der Waals surface area contributed by atoms with Crippen molar-refractivity contribution < 1.29 is 19.5 Å². The number of aryl methyl sites for hydroxylation is 2. The lowest BCUT2D eigenvalue weighted by Gasteiger charge is -2.11. The van der Waals surface area contributed by atoms with Crippen LogP contribution in [0.2, 0.25) is 0 Å². The molecule has 4 rings (SSSR count). The quantitative estimate of drug-likeness (QED) is 0.428. The monoisotopic (exact) mass is 467 g/mol. The van der Waals surface area contributed by atoms with Gasteiger partial charge in [0.1, 0.15) is 17.3 Å². The average Bonchev–Trinajstić information content (AvgIpc) is 3.31. The molecule has 0 radical (unpaired) electrons. The lowest BCUT2D eigenvalue weighted by molar-refractivity contribution is -0.118. The third-order valence-corrected chi connectivity index (χ3v) is 6.11. The summed E-state index contributed by atoms with van der Waals surface area (Å²) in [5.41, 5.74) is 2.97. The standard InChI is InChI=1S/C23H25N5O4S/c1-3-28-17(9-12(2)27-28)22(30)26-21-20-19-15(10-13(23(31)32)11-16(19)25-21)18(33)6-4-5-14(29)7-8-24-20/h9-11,24-25H,3-8H2,1-2H3,(H,26,30)(H,31,32). The molecule has 172 valence electrons. The fraction of sp³-hybridized carbons (Fsp3) is 0.348. The second-order valence-corrected chi connectivity index (χ2v) is 8.55. The number of H-pyrrole nitrogens is 1. The lowest BCUT2D eigenvalue weighted by atomic mass is 9.99. The molecule has 33 heavy (non-hydrogen) atoms. The smallest absolute Gasteiger partial charge is 0.335 e. The van der Waals surface area contributed by atoms with Gasteiger partial charge in [-0.15, -0.1) is 0 Å². The molecule has 1 amide bonds. The summed E-state index contributed by atoms with van der Waals surface area (Å²) in [6, 6.07) is 4.79. The Kier molecular flexibility index (Phi) is 6.28. The first kappa shape index (κ1) is 22.7. The second kappa shape index (κ2) is 9.14. The van der Waals surface area contributed by atoms with Crippen molar-refractivity contribution in [3.63, 3.8) is 0 Å². The Hall–Kier alpha value is -3.53. The minimum Gasteiger partial charge on any atom is -0.478 e. The topological polar surface area (TPSA) is 129 Å². The molecule has 10 heteroatoms. The fourth-order valence-electron chi connectivity index (χ4n) is 4.13. The number of anilines is 2. The molecule has 3 heterocycles. The Morgan fingerprint density at radius 3 is 2.76 bits per heavy atom. The molecule has 0 saturated carbocycles. The summed E-state index contributed by atoms with van der Waals surface area (Å²) in [6.45, 7) is 4.64. The number of hydrogen-bond acceptors (Lipinski definition) is 6. The van der Waals surface area contributed by atoms with E-state index in [-0.39, 0.29) is 17.3 Å². The number of carboxylic acid groups (broad SMARTS) is 1. The molecule has 0 spiro atoms. The van der Waals surface area contributed by atoms with E-state index in [2.05, 4.69) is 20.7 Å². The molecule has 0 fully saturated rings. The number of aromatic amines is 1. The summed E-state index contributed by atoms with van der Waals surface area (Å²) in [5.74, 6) is -0.913. The molecule has 4 N–H and O–H groups in total. The van der Waals surface area contributed by atoms with Crippen molar-refractivity contribution in [2.45, 2.75) is 46.1 Å². The summed E-state index contributed by atoms with van der Waals surface area (Å²) in [6.07, 6.45) is 1.88. The molecule has 0 saturated heterocycles. The molecule has 2 aromatic heterocycles. The van der Waals surface area contributed by atoms with Gasteiger partial charge in [-0.25, -0.2) is 4.79 Å². The van der Waals surface area contributed by atoms with Gasteiger partial charge in [-0.1, -0.05) is 12.2 Å². The van der Waals surface area contributed by atoms with E-state index in [0.717, 1.165) is 5.69 Å². The third-order valence-electron chi connectivity index (χ3n) is 5.68. The number of nitrogens with one attached hydrogen (secondary N) is 3. The number of ketones is 1. The van der Waals surface area contributed by atoms with Gasteiger partial charge in [-0.3, -0.25) is 14.3 Å². The Morgan fingerprint density at radius 2 is 2.03 bits per heavy atom. The number of carboxylic acids is 1. The molecule has 1 aliphatic rings. The maximum absolute atomic E-state index is 13.1. The first-order valence-electron chi connectivity index (χ1n) is 10.9. The molecule has 0 bridgehead atoms. The number of hydrogen-bond donors (Lipinski definition) is 4. The van der Waals surface area contributed by atoms with Crippen LogP contribution in [0.3, 0.4) is 0 Å². The van der Waals surface area contributed by atoms with Crippen molar-refractivity contribution in [2.75, 3.05) is 17.2 Å². The Bertz CT molecular complexity index is 1290. The number of thiocarbonyl (C=S) groups is 1. The fourth-order valence-corrected chi connectivity index (χ4v) is 4.43. The van der Waals surface area contributed by atoms with Crippen molar-refractivity contribution in [2.24, 2.45) is 0 Å². The second-order valence-electron chi connectivity index (χ2n) is 8.06. The van der Waals surface area contributed by atoms with E-state index in [1.807, 2.05) is 13.8 Å². The molecular weight excluding hydrogens is 442 g/mol. The minimum absolute atomic E-state index is 0.0937. The van der Waals surface area contributed by atoms with E-state index in [4.69, 9.17) is 12.2 Å². The van der Waals surface area contributed by atoms with Gasteiger partial charge in [0.2, 0.25) is 0 Å². The van der Waals surface area contributed by atoms with Crippen molar-refractivity contribution in [3.8, 4) is 0 Å². The maximum Gasteiger partial charge on any atom is 0.335 e. The number of aromatic carboxylic acids is 1. The van der Waals surface area contributed by atoms with Crippen LogP contribution in [0.15, 0.2) is 18.2 Å². The summed E-state index contributed by atoms with van der Waals surface area (Å²) < 4.78 is 1.62. The van der Waals surface area contributed by atoms with E-state index in [0.29, 0.717) is 77.3 Å². The highest BCUT2D eigenvalue weighted by Gasteiger charge is 2.23. The molecule has 1 aliphatic heterocycles. The van der Waals surface area contributed by atoms with E-state index in [1.54, 1.807) is 16.8 Å². The summed E-state index contributed by atoms with van der Waals surface area (Å²) in [5, 5.41) is 20.8. The zero-order valence-electron chi connectivity index (χ0n) is 18.4. The predicted octanol–water partition coefficient (Wildman–Crippen LogP) is 3.92. The van der Waals surface area contributed by atoms with Gasteiger partial charge in [0.25, 0.3) is 5.91 Å². The summed E-state index contributed by atoms with van der Waals surface area (Å²) >= 11 is 5.64. The third kappa shape index (κ3) is 4.51. The van der Waals surface area contributed by atoms with Crippen LogP contribution in [-0.4, -0.2) is 48.9 Å². The van der Waals surface area contributed by atoms with E-state index >= 15 is 0 Å². The van der Waals surface area contributed by atoms with Crippen molar-refractivity contribution in [1.29, 1.82) is 0 Å². The zero-order chi connectivity index (χ0) is 23.7. The number of aromatic nitrogens is 3. The SMILES string of the molecule is CCn1nc(C)cc1C(=O)Nc1[nH]c2cc(C(=O)O)cc3c2c1NCCC(=O)CCCC3=S. The van der Waals surface area contributed by atoms with Crippen molar-refractivity contribution in [1.82, 2.24) is 14.8 Å². The minimum atomic E-state index is -1.07. The molecule has 9 nitrogen and oxygen atoms in total. The van der Waals surface area contributed by atoms with Crippen LogP contribution < -0.4 is 10.6 Å². The molecule has 0 unspecified atom stereocenters. The lowest BCUT2D eigenvalue weighted by Crippen LogP contribution is -2.18. The number of amides is 1. The molecule has 0 atom stereocenters. The predicted molar refractivity (Wildman–Crippen MR) is 130 cm³/mol. The number of carbonyl (C=O) groups is 3. The highest BCUT2D eigenvalue weighted by atomic mass is 32.1. The van der Waals surface area contributed by atoms with Gasteiger partial charge in [0, 0.05) is 41.7 Å². The number of nitrogens with zero attached hydrogens (tertiary/aromatic N) is 2. The number of Topliss-reactive ketones (excluding diaryl/α,β-unsaturated/α-hetero) is 1. The van der Waals surface area contributed by atoms with Gasteiger partial charge in [0.05, 0.1) is 22.5 Å². The average molecular weight is 468 g/mol. The van der Waals surface area contributed by atoms with E-state index < -0.39 is 5.97 Å². The highest BCUT2D eigenvalue weighted by Crippen LogP contribution is 2.37. The summed E-state index contributed by atoms with van der Waals surface area (Å²) in [4.78, 5) is 40.7. The van der Waals surface area contributed by atoms with Crippen molar-refractivity contribution in [3.05, 3.63) is 40.7 Å². The van der Waals surface area contributed by atoms with Gasteiger partial charge in [0.15, 0.2) is 0 Å². The normalized spacial score (nSPS) is 14.6. The number of rotatable bonds is 4. The highest BCUT2D eigenvalue weighted by molar-refractivity contribution is 7.80. The largest absolute Gasteiger partial charge is 0.478 e. The van der Waals surface area contributed by atoms with Crippen LogP contribution in [-0.2, 0) is 11.3 Å². The van der Waals surface area contributed by atoms with Crippen LogP contribution in [0, 0.1) is 6.92 Å². The molecular formula is C23H25N5O4S. The maximum atomic E-state index is 13.1. The van der Waals surface area contributed by atoms with Gasteiger partial charge in [-0.05, 0) is 44.9 Å².